The molecular weight excluding hydrogens is 468 g/mol. The van der Waals surface area contributed by atoms with Gasteiger partial charge < -0.3 is 9.64 Å². The molecule has 0 bridgehead atoms. The van der Waals surface area contributed by atoms with Crippen LogP contribution in [0.15, 0.2) is 71.9 Å². The molecule has 0 unspecified atom stereocenters. The molecule has 0 saturated carbocycles. The number of nitrogens with zero attached hydrogens (tertiary/aromatic N) is 5. The van der Waals surface area contributed by atoms with Crippen LogP contribution in [0.3, 0.4) is 0 Å². The van der Waals surface area contributed by atoms with Gasteiger partial charge >= 0.3 is 6.03 Å². The lowest BCUT2D eigenvalue weighted by molar-refractivity contribution is -0.115. The van der Waals surface area contributed by atoms with Crippen molar-refractivity contribution in [2.75, 3.05) is 13.6 Å². The molecular formula is C25H23ClN6O3. The number of hydrogen-bond donors (Lipinski definition) is 1. The summed E-state index contributed by atoms with van der Waals surface area (Å²) in [5.41, 5.74) is 1.73. The van der Waals surface area contributed by atoms with E-state index in [2.05, 4.69) is 15.3 Å². The molecule has 0 aliphatic heterocycles. The molecule has 1 heterocycles. The van der Waals surface area contributed by atoms with E-state index in [4.69, 9.17) is 21.6 Å². The SMILES string of the molecule is CCN(C)C(=O)NC(=Nc1ccc(Oc2ccc(C#N)cn2)cc1)N(C=O)Cc1ccc(Cl)cc1. The molecule has 35 heavy (non-hydrogen) atoms. The first-order chi connectivity index (χ1) is 16.9. The Balaban J connectivity index is 1.83. The van der Waals surface area contributed by atoms with Crippen LogP contribution in [-0.2, 0) is 11.3 Å². The van der Waals surface area contributed by atoms with Crippen molar-refractivity contribution in [1.82, 2.24) is 20.1 Å². The maximum atomic E-state index is 12.5. The van der Waals surface area contributed by atoms with Crippen LogP contribution in [0.1, 0.15) is 18.1 Å². The van der Waals surface area contributed by atoms with Gasteiger partial charge in [0.15, 0.2) is 0 Å². The molecule has 0 atom stereocenters. The molecule has 0 aliphatic carbocycles. The van der Waals surface area contributed by atoms with Gasteiger partial charge in [0.25, 0.3) is 0 Å². The Morgan fingerprint density at radius 2 is 1.89 bits per heavy atom. The fraction of sp³-hybridized carbons (Fsp3) is 0.160. The van der Waals surface area contributed by atoms with Gasteiger partial charge in [-0.25, -0.2) is 14.8 Å². The number of guanidine groups is 1. The topological polar surface area (TPSA) is 111 Å². The highest BCUT2D eigenvalue weighted by Crippen LogP contribution is 2.23. The number of rotatable bonds is 7. The number of benzene rings is 2. The molecule has 3 amide bonds. The maximum Gasteiger partial charge on any atom is 0.323 e. The molecule has 178 valence electrons. The minimum Gasteiger partial charge on any atom is -0.439 e. The van der Waals surface area contributed by atoms with Gasteiger partial charge in [-0.1, -0.05) is 23.7 Å². The van der Waals surface area contributed by atoms with E-state index in [9.17, 15) is 9.59 Å². The molecule has 0 fully saturated rings. The van der Waals surface area contributed by atoms with E-state index < -0.39 is 6.03 Å². The predicted molar refractivity (Wildman–Crippen MR) is 132 cm³/mol. The molecule has 0 radical (unpaired) electrons. The monoisotopic (exact) mass is 490 g/mol. The number of nitriles is 1. The quantitative estimate of drug-likeness (QED) is 0.293. The standard InChI is InChI=1S/C25H23ClN6O3/c1-3-31(2)25(34)30-24(32(17-33)16-18-4-7-20(26)8-5-18)29-21-9-11-22(12-10-21)35-23-13-6-19(14-27)15-28-23/h4-13,15,17H,3,16H2,1-2H3,(H,29,30,34). The normalized spacial score (nSPS) is 10.7. The lowest BCUT2D eigenvalue weighted by Gasteiger charge is -2.23. The van der Waals surface area contributed by atoms with Gasteiger partial charge in [0.1, 0.15) is 11.8 Å². The first-order valence-electron chi connectivity index (χ1n) is 10.6. The van der Waals surface area contributed by atoms with Crippen LogP contribution < -0.4 is 10.1 Å². The number of amides is 3. The number of ether oxygens (including phenoxy) is 1. The molecule has 1 aromatic heterocycles. The average Bonchev–Trinajstić information content (AvgIpc) is 2.89. The Morgan fingerprint density at radius 1 is 1.17 bits per heavy atom. The van der Waals surface area contributed by atoms with Crippen molar-refractivity contribution in [3.63, 3.8) is 0 Å². The zero-order valence-corrected chi connectivity index (χ0v) is 19.9. The van der Waals surface area contributed by atoms with E-state index in [-0.39, 0.29) is 12.5 Å². The average molecular weight is 491 g/mol. The van der Waals surface area contributed by atoms with Crippen LogP contribution in [0.25, 0.3) is 0 Å². The number of nitrogens with one attached hydrogen (secondary N) is 1. The van der Waals surface area contributed by atoms with Crippen molar-refractivity contribution in [2.24, 2.45) is 4.99 Å². The van der Waals surface area contributed by atoms with Gasteiger partial charge in [-0.3, -0.25) is 15.0 Å². The number of carbonyl (C=O) groups excluding carboxylic acids is 2. The Bertz CT molecular complexity index is 1220. The highest BCUT2D eigenvalue weighted by molar-refractivity contribution is 6.30. The predicted octanol–water partition coefficient (Wildman–Crippen LogP) is 4.71. The summed E-state index contributed by atoms with van der Waals surface area (Å²) >= 11 is 5.95. The van der Waals surface area contributed by atoms with Crippen LogP contribution in [0.2, 0.25) is 5.02 Å². The van der Waals surface area contributed by atoms with Crippen molar-refractivity contribution < 1.29 is 14.3 Å². The van der Waals surface area contributed by atoms with Crippen LogP contribution >= 0.6 is 11.6 Å². The van der Waals surface area contributed by atoms with Crippen LogP contribution in [0, 0.1) is 11.3 Å². The zero-order valence-electron chi connectivity index (χ0n) is 19.2. The highest BCUT2D eigenvalue weighted by Gasteiger charge is 2.17. The third-order valence-electron chi connectivity index (χ3n) is 4.86. The summed E-state index contributed by atoms with van der Waals surface area (Å²) in [4.78, 5) is 35.8. The zero-order chi connectivity index (χ0) is 25.2. The van der Waals surface area contributed by atoms with Gasteiger partial charge in [-0.15, -0.1) is 0 Å². The second-order valence-corrected chi connectivity index (χ2v) is 7.77. The largest absolute Gasteiger partial charge is 0.439 e. The first kappa shape index (κ1) is 25.2. The van der Waals surface area contributed by atoms with E-state index in [1.807, 2.05) is 13.0 Å². The summed E-state index contributed by atoms with van der Waals surface area (Å²) in [6, 6.07) is 18.6. The first-order valence-corrected chi connectivity index (χ1v) is 11.0. The number of aromatic nitrogens is 1. The lowest BCUT2D eigenvalue weighted by Crippen LogP contribution is -2.47. The fourth-order valence-corrected chi connectivity index (χ4v) is 2.91. The third kappa shape index (κ3) is 7.28. The molecule has 1 N–H and O–H groups in total. The van der Waals surface area contributed by atoms with Gasteiger partial charge in [-0.05, 0) is 55.0 Å². The highest BCUT2D eigenvalue weighted by atomic mass is 35.5. The van der Waals surface area contributed by atoms with Crippen molar-refractivity contribution in [2.45, 2.75) is 13.5 Å². The van der Waals surface area contributed by atoms with Gasteiger partial charge in [-0.2, -0.15) is 5.26 Å². The molecule has 9 nitrogen and oxygen atoms in total. The van der Waals surface area contributed by atoms with Crippen molar-refractivity contribution in [1.29, 1.82) is 5.26 Å². The van der Waals surface area contributed by atoms with Crippen LogP contribution in [-0.4, -0.2) is 46.8 Å². The number of urea groups is 1. The number of carbonyl (C=O) groups is 2. The summed E-state index contributed by atoms with van der Waals surface area (Å²) in [6.45, 7) is 2.50. The number of hydrogen-bond acceptors (Lipinski definition) is 6. The van der Waals surface area contributed by atoms with E-state index in [0.29, 0.717) is 40.9 Å². The van der Waals surface area contributed by atoms with Crippen LogP contribution in [0.4, 0.5) is 10.5 Å². The number of pyridine rings is 1. The Hall–Kier alpha value is -4.42. The van der Waals surface area contributed by atoms with Crippen molar-refractivity contribution >= 4 is 35.7 Å². The summed E-state index contributed by atoms with van der Waals surface area (Å²) in [5.74, 6) is 0.916. The fourth-order valence-electron chi connectivity index (χ4n) is 2.79. The second-order valence-electron chi connectivity index (χ2n) is 7.33. The lowest BCUT2D eigenvalue weighted by atomic mass is 10.2. The van der Waals surface area contributed by atoms with Crippen molar-refractivity contribution in [3.8, 4) is 17.7 Å². The summed E-state index contributed by atoms with van der Waals surface area (Å²) in [6.07, 6.45) is 2.03. The van der Waals surface area contributed by atoms with Crippen LogP contribution in [0.5, 0.6) is 11.6 Å². The molecule has 3 rings (SSSR count). The van der Waals surface area contributed by atoms with E-state index >= 15 is 0 Å². The molecule has 0 spiro atoms. The molecule has 10 heteroatoms. The number of aliphatic imine (C=N–C) groups is 1. The summed E-state index contributed by atoms with van der Waals surface area (Å²) < 4.78 is 5.68. The second kappa shape index (κ2) is 12.2. The van der Waals surface area contributed by atoms with Crippen molar-refractivity contribution in [3.05, 3.63) is 83.0 Å². The summed E-state index contributed by atoms with van der Waals surface area (Å²) in [5, 5.41) is 12.1. The minimum atomic E-state index is -0.402. The smallest absolute Gasteiger partial charge is 0.323 e. The van der Waals surface area contributed by atoms with Gasteiger partial charge in [0.05, 0.1) is 17.8 Å². The Kier molecular flexibility index (Phi) is 8.76. The minimum absolute atomic E-state index is 0.0719. The number of halogens is 1. The molecule has 0 aliphatic rings. The van der Waals surface area contributed by atoms with E-state index in [0.717, 1.165) is 5.56 Å². The summed E-state index contributed by atoms with van der Waals surface area (Å²) in [7, 11) is 1.64. The van der Waals surface area contributed by atoms with E-state index in [1.54, 1.807) is 67.7 Å². The molecule has 3 aromatic rings. The third-order valence-corrected chi connectivity index (χ3v) is 5.12. The van der Waals surface area contributed by atoms with E-state index in [1.165, 1.54) is 16.0 Å². The van der Waals surface area contributed by atoms with Gasteiger partial charge in [0.2, 0.25) is 18.2 Å². The maximum absolute atomic E-state index is 12.5. The Labute approximate surface area is 208 Å². The molecule has 2 aromatic carbocycles. The molecule has 0 saturated heterocycles. The van der Waals surface area contributed by atoms with Gasteiger partial charge in [0, 0.05) is 30.9 Å². The Morgan fingerprint density at radius 3 is 2.46 bits per heavy atom.